The van der Waals surface area contributed by atoms with E-state index in [1.165, 1.54) is 12.4 Å². The lowest BCUT2D eigenvalue weighted by Crippen LogP contribution is -2.46. The molecule has 102 valence electrons. The van der Waals surface area contributed by atoms with E-state index in [0.29, 0.717) is 24.8 Å². The fourth-order valence-corrected chi connectivity index (χ4v) is 2.58. The summed E-state index contributed by atoms with van der Waals surface area (Å²) in [5, 5.41) is 0. The van der Waals surface area contributed by atoms with Gasteiger partial charge in [-0.1, -0.05) is 6.92 Å². The molecule has 0 bridgehead atoms. The lowest BCUT2D eigenvalue weighted by Gasteiger charge is -2.37. The van der Waals surface area contributed by atoms with E-state index in [9.17, 15) is 8.78 Å². The van der Waals surface area contributed by atoms with Gasteiger partial charge in [-0.15, -0.1) is 0 Å². The molecule has 1 saturated heterocycles. The Labute approximate surface area is 106 Å². The van der Waals surface area contributed by atoms with E-state index < -0.39 is 6.55 Å². The number of imidazole rings is 1. The van der Waals surface area contributed by atoms with Crippen LogP contribution in [0.25, 0.3) is 0 Å². The first kappa shape index (κ1) is 13.4. The average Bonchev–Trinajstić information content (AvgIpc) is 2.79. The zero-order chi connectivity index (χ0) is 13.1. The van der Waals surface area contributed by atoms with Crippen molar-refractivity contribution in [2.75, 3.05) is 13.1 Å². The largest absolute Gasteiger partial charge is 0.329 e. The van der Waals surface area contributed by atoms with Crippen LogP contribution in [0.2, 0.25) is 0 Å². The first-order valence-corrected chi connectivity index (χ1v) is 6.35. The van der Waals surface area contributed by atoms with Gasteiger partial charge in [0.25, 0.3) is 0 Å². The molecular weight excluding hydrogens is 238 g/mol. The van der Waals surface area contributed by atoms with E-state index in [1.54, 1.807) is 0 Å². The molecule has 2 heterocycles. The normalized spacial score (nSPS) is 25.8. The maximum absolute atomic E-state index is 12.7. The fraction of sp³-hybridized carbons (Fsp3) is 0.750. The smallest absolute Gasteiger partial charge is 0.319 e. The minimum Gasteiger partial charge on any atom is -0.329 e. The summed E-state index contributed by atoms with van der Waals surface area (Å²) in [7, 11) is 0. The maximum Gasteiger partial charge on any atom is 0.319 e. The van der Waals surface area contributed by atoms with E-state index in [1.807, 2.05) is 0 Å². The minimum absolute atomic E-state index is 0.275. The van der Waals surface area contributed by atoms with Crippen molar-refractivity contribution in [3.63, 3.8) is 0 Å². The molecule has 2 atom stereocenters. The fourth-order valence-electron chi connectivity index (χ4n) is 2.58. The molecule has 6 heteroatoms. The number of piperidine rings is 1. The van der Waals surface area contributed by atoms with Gasteiger partial charge in [-0.2, -0.15) is 8.78 Å². The first-order valence-electron chi connectivity index (χ1n) is 6.35. The maximum atomic E-state index is 12.7. The molecule has 0 radical (unpaired) electrons. The van der Waals surface area contributed by atoms with Crippen LogP contribution in [0.4, 0.5) is 8.78 Å². The second-order valence-electron chi connectivity index (χ2n) is 5.02. The van der Waals surface area contributed by atoms with Crippen molar-refractivity contribution in [3.05, 3.63) is 18.2 Å². The topological polar surface area (TPSA) is 47.1 Å². The Hall–Kier alpha value is -1.01. The molecule has 0 aliphatic carbocycles. The van der Waals surface area contributed by atoms with E-state index in [0.717, 1.165) is 24.0 Å². The van der Waals surface area contributed by atoms with Crippen LogP contribution in [0.5, 0.6) is 0 Å². The third-order valence-electron chi connectivity index (χ3n) is 3.68. The van der Waals surface area contributed by atoms with Crippen molar-refractivity contribution in [1.29, 1.82) is 0 Å². The first-order chi connectivity index (χ1) is 8.61. The van der Waals surface area contributed by atoms with E-state index in [2.05, 4.69) is 16.8 Å². The zero-order valence-electron chi connectivity index (χ0n) is 10.6. The average molecular weight is 258 g/mol. The molecule has 2 rings (SSSR count). The van der Waals surface area contributed by atoms with Crippen LogP contribution in [0.1, 0.15) is 32.1 Å². The monoisotopic (exact) mass is 258 g/mol. The molecule has 1 aliphatic rings. The van der Waals surface area contributed by atoms with Gasteiger partial charge >= 0.3 is 6.55 Å². The number of hydrogen-bond acceptors (Lipinski definition) is 3. The van der Waals surface area contributed by atoms with Crippen LogP contribution in [-0.4, -0.2) is 33.6 Å². The molecule has 0 amide bonds. The number of aromatic nitrogens is 2. The summed E-state index contributed by atoms with van der Waals surface area (Å²) in [6.45, 7) is 1.60. The number of alkyl halides is 2. The molecular formula is C12H20F2N4. The second-order valence-corrected chi connectivity index (χ2v) is 5.02. The highest BCUT2D eigenvalue weighted by Gasteiger charge is 2.26. The standard InChI is InChI=1S/C12H20F2N4/c1-9-2-4-17(10(6-9)7-15)8-11-16-3-5-18(11)12(13)14/h3,5,9-10,12H,2,4,6-8,15H2,1H3. The van der Waals surface area contributed by atoms with Gasteiger partial charge < -0.3 is 5.73 Å². The Morgan fingerprint density at radius 2 is 2.33 bits per heavy atom. The molecule has 1 fully saturated rings. The summed E-state index contributed by atoms with van der Waals surface area (Å²) in [6.07, 6.45) is 4.87. The molecule has 1 aromatic rings. The van der Waals surface area contributed by atoms with Crippen LogP contribution in [0.15, 0.2) is 12.4 Å². The second kappa shape index (κ2) is 5.75. The highest BCUT2D eigenvalue weighted by atomic mass is 19.3. The van der Waals surface area contributed by atoms with Gasteiger partial charge in [-0.05, 0) is 25.3 Å². The molecule has 2 unspecified atom stereocenters. The van der Waals surface area contributed by atoms with Gasteiger partial charge in [0.1, 0.15) is 5.82 Å². The lowest BCUT2D eigenvalue weighted by atomic mass is 9.92. The predicted molar refractivity (Wildman–Crippen MR) is 65.1 cm³/mol. The molecule has 0 aromatic carbocycles. The van der Waals surface area contributed by atoms with Crippen molar-refractivity contribution < 1.29 is 8.78 Å². The van der Waals surface area contributed by atoms with Gasteiger partial charge in [0.2, 0.25) is 0 Å². The summed E-state index contributed by atoms with van der Waals surface area (Å²) in [5.41, 5.74) is 5.77. The van der Waals surface area contributed by atoms with Gasteiger partial charge in [-0.25, -0.2) is 4.98 Å². The van der Waals surface area contributed by atoms with Gasteiger partial charge in [0.15, 0.2) is 0 Å². The molecule has 1 aliphatic heterocycles. The third kappa shape index (κ3) is 2.87. The van der Waals surface area contributed by atoms with Crippen molar-refractivity contribution in [2.24, 2.45) is 11.7 Å². The van der Waals surface area contributed by atoms with Crippen LogP contribution in [-0.2, 0) is 6.54 Å². The number of nitrogens with two attached hydrogens (primary N) is 1. The van der Waals surface area contributed by atoms with E-state index >= 15 is 0 Å². The van der Waals surface area contributed by atoms with Crippen molar-refractivity contribution >= 4 is 0 Å². The summed E-state index contributed by atoms with van der Waals surface area (Å²) in [5.74, 6) is 1.07. The Morgan fingerprint density at radius 1 is 1.56 bits per heavy atom. The summed E-state index contributed by atoms with van der Waals surface area (Å²) < 4.78 is 26.4. The Bertz CT molecular complexity index is 380. The zero-order valence-corrected chi connectivity index (χ0v) is 10.6. The summed E-state index contributed by atoms with van der Waals surface area (Å²) >= 11 is 0. The van der Waals surface area contributed by atoms with Crippen molar-refractivity contribution in [2.45, 2.75) is 38.9 Å². The Morgan fingerprint density at radius 3 is 3.00 bits per heavy atom. The van der Waals surface area contributed by atoms with E-state index in [-0.39, 0.29) is 6.04 Å². The van der Waals surface area contributed by atoms with Crippen LogP contribution < -0.4 is 5.73 Å². The summed E-state index contributed by atoms with van der Waals surface area (Å²) in [6, 6.07) is 0.275. The minimum atomic E-state index is -2.53. The van der Waals surface area contributed by atoms with Gasteiger partial charge in [0, 0.05) is 25.0 Å². The van der Waals surface area contributed by atoms with Crippen molar-refractivity contribution in [1.82, 2.24) is 14.5 Å². The molecule has 1 aromatic heterocycles. The highest BCUT2D eigenvalue weighted by Crippen LogP contribution is 2.24. The van der Waals surface area contributed by atoms with E-state index in [4.69, 9.17) is 5.73 Å². The number of nitrogens with zero attached hydrogens (tertiary/aromatic N) is 3. The Kier molecular flexibility index (Phi) is 4.29. The number of hydrogen-bond donors (Lipinski definition) is 1. The van der Waals surface area contributed by atoms with Crippen LogP contribution in [0, 0.1) is 5.92 Å². The number of likely N-dealkylation sites (tertiary alicyclic amines) is 1. The quantitative estimate of drug-likeness (QED) is 0.896. The van der Waals surface area contributed by atoms with Crippen molar-refractivity contribution in [3.8, 4) is 0 Å². The number of halogens is 2. The van der Waals surface area contributed by atoms with Gasteiger partial charge in [0.05, 0.1) is 6.54 Å². The van der Waals surface area contributed by atoms with Crippen LogP contribution >= 0.6 is 0 Å². The summed E-state index contributed by atoms with van der Waals surface area (Å²) in [4.78, 5) is 6.19. The predicted octanol–water partition coefficient (Wildman–Crippen LogP) is 1.84. The lowest BCUT2D eigenvalue weighted by molar-refractivity contribution is 0.0574. The van der Waals surface area contributed by atoms with Gasteiger partial charge in [-0.3, -0.25) is 9.47 Å². The molecule has 4 nitrogen and oxygen atoms in total. The SMILES string of the molecule is CC1CCN(Cc2nccn2C(F)F)C(CN)C1. The van der Waals surface area contributed by atoms with Crippen LogP contribution in [0.3, 0.4) is 0 Å². The molecule has 0 saturated carbocycles. The molecule has 2 N–H and O–H groups in total. The molecule has 18 heavy (non-hydrogen) atoms. The molecule has 0 spiro atoms. The number of rotatable bonds is 4. The highest BCUT2D eigenvalue weighted by molar-refractivity contribution is 4.95. The third-order valence-corrected chi connectivity index (χ3v) is 3.68. The Balaban J connectivity index is 2.05.